The second kappa shape index (κ2) is 10.8. The summed E-state index contributed by atoms with van der Waals surface area (Å²) < 4.78 is 2.06. The van der Waals surface area contributed by atoms with Crippen molar-refractivity contribution in [3.05, 3.63) is 65.7 Å². The number of H-pyrrole nitrogens is 1. The van der Waals surface area contributed by atoms with Crippen molar-refractivity contribution in [1.82, 2.24) is 35.4 Å². The summed E-state index contributed by atoms with van der Waals surface area (Å²) in [7, 11) is 0. The summed E-state index contributed by atoms with van der Waals surface area (Å²) in [5, 5.41) is 19.3. The number of nitrogens with one attached hydrogen (secondary N) is 1. The number of benzene rings is 2. The topological polar surface area (TPSA) is 111 Å². The summed E-state index contributed by atoms with van der Waals surface area (Å²) in [6.45, 7) is 3.59. The standard InChI is InChI=1S/C24H30N8/c1-2-3-4-11-23-26-22(10-7-16-25)29-32(23)17-18-12-14-19(15-13-18)20-8-5-6-9-21(20)24-27-30-31-28-24/h5-6,8-9,12-15H,2-4,7,10-11,16-17,25H2,1H3,(H,27,28,30,31). The first kappa shape index (κ1) is 21.8. The number of aryl methyl sites for hydroxylation is 2. The van der Waals surface area contributed by atoms with E-state index >= 15 is 0 Å². The van der Waals surface area contributed by atoms with Crippen LogP contribution in [0.3, 0.4) is 0 Å². The molecule has 0 amide bonds. The molecule has 0 fully saturated rings. The SMILES string of the molecule is CCCCCc1nc(CCCN)nn1Cc1ccc(-c2ccccc2-c2nn[nH]n2)cc1. The number of aromatic nitrogens is 7. The van der Waals surface area contributed by atoms with E-state index in [1.165, 1.54) is 18.4 Å². The van der Waals surface area contributed by atoms with E-state index in [4.69, 9.17) is 15.8 Å². The highest BCUT2D eigenvalue weighted by atomic mass is 15.5. The Hall–Kier alpha value is -3.39. The van der Waals surface area contributed by atoms with Crippen molar-refractivity contribution in [2.24, 2.45) is 5.73 Å². The zero-order chi connectivity index (χ0) is 22.2. The highest BCUT2D eigenvalue weighted by molar-refractivity contribution is 5.80. The lowest BCUT2D eigenvalue weighted by molar-refractivity contribution is 0.603. The van der Waals surface area contributed by atoms with Gasteiger partial charge in [0.25, 0.3) is 0 Å². The van der Waals surface area contributed by atoms with Crippen molar-refractivity contribution in [2.45, 2.75) is 52.0 Å². The number of rotatable bonds is 11. The average molecular weight is 431 g/mol. The molecule has 0 spiro atoms. The quantitative estimate of drug-likeness (QED) is 0.350. The van der Waals surface area contributed by atoms with Gasteiger partial charge in [0.1, 0.15) is 5.82 Å². The predicted octanol–water partition coefficient (Wildman–Crippen LogP) is 3.80. The van der Waals surface area contributed by atoms with Crippen molar-refractivity contribution >= 4 is 0 Å². The summed E-state index contributed by atoms with van der Waals surface area (Å²) in [5.41, 5.74) is 10.0. The van der Waals surface area contributed by atoms with Gasteiger partial charge in [-0.1, -0.05) is 68.3 Å². The van der Waals surface area contributed by atoms with Gasteiger partial charge in [-0.15, -0.1) is 10.2 Å². The van der Waals surface area contributed by atoms with Crippen molar-refractivity contribution in [1.29, 1.82) is 0 Å². The Morgan fingerprint density at radius 3 is 2.47 bits per heavy atom. The van der Waals surface area contributed by atoms with E-state index in [0.29, 0.717) is 18.9 Å². The maximum absolute atomic E-state index is 5.67. The Morgan fingerprint density at radius 2 is 1.75 bits per heavy atom. The van der Waals surface area contributed by atoms with E-state index in [2.05, 4.69) is 62.6 Å². The molecule has 8 heteroatoms. The third-order valence-corrected chi connectivity index (χ3v) is 5.51. The monoisotopic (exact) mass is 430 g/mol. The molecule has 4 aromatic rings. The second-order valence-corrected chi connectivity index (χ2v) is 7.93. The van der Waals surface area contributed by atoms with Gasteiger partial charge in [0, 0.05) is 18.4 Å². The molecule has 3 N–H and O–H groups in total. The predicted molar refractivity (Wildman–Crippen MR) is 125 cm³/mol. The summed E-state index contributed by atoms with van der Waals surface area (Å²) in [6, 6.07) is 16.7. The lowest BCUT2D eigenvalue weighted by Crippen LogP contribution is -2.07. The van der Waals surface area contributed by atoms with Crippen LogP contribution in [0.4, 0.5) is 0 Å². The molecule has 8 nitrogen and oxygen atoms in total. The van der Waals surface area contributed by atoms with Gasteiger partial charge in [-0.05, 0) is 41.3 Å². The second-order valence-electron chi connectivity index (χ2n) is 7.93. The molecule has 0 aliphatic rings. The van der Waals surface area contributed by atoms with Crippen LogP contribution in [0.5, 0.6) is 0 Å². The molecular formula is C24H30N8. The van der Waals surface area contributed by atoms with E-state index in [9.17, 15) is 0 Å². The number of tetrazole rings is 1. The molecule has 0 saturated heterocycles. The van der Waals surface area contributed by atoms with E-state index in [1.54, 1.807) is 0 Å². The minimum absolute atomic E-state index is 0.592. The molecule has 2 aromatic heterocycles. The summed E-state index contributed by atoms with van der Waals surface area (Å²) in [4.78, 5) is 4.79. The molecule has 0 atom stereocenters. The van der Waals surface area contributed by atoms with Crippen LogP contribution in [0.15, 0.2) is 48.5 Å². The van der Waals surface area contributed by atoms with Crippen LogP contribution in [0, 0.1) is 0 Å². The Labute approximate surface area is 188 Å². The Bertz CT molecular complexity index is 1100. The van der Waals surface area contributed by atoms with Crippen LogP contribution in [0.2, 0.25) is 0 Å². The van der Waals surface area contributed by atoms with Crippen molar-refractivity contribution in [3.63, 3.8) is 0 Å². The lowest BCUT2D eigenvalue weighted by atomic mass is 9.98. The molecular weight excluding hydrogens is 400 g/mol. The molecule has 0 bridgehead atoms. The molecule has 32 heavy (non-hydrogen) atoms. The molecule has 0 radical (unpaired) electrons. The molecule has 2 heterocycles. The first-order valence-electron chi connectivity index (χ1n) is 11.3. The Morgan fingerprint density at radius 1 is 0.938 bits per heavy atom. The molecule has 166 valence electrons. The number of unbranched alkanes of at least 4 members (excludes halogenated alkanes) is 2. The van der Waals surface area contributed by atoms with Gasteiger partial charge in [0.05, 0.1) is 6.54 Å². The summed E-state index contributed by atoms with van der Waals surface area (Å²) in [5.74, 6) is 2.55. The third-order valence-electron chi connectivity index (χ3n) is 5.51. The molecule has 0 aliphatic carbocycles. The highest BCUT2D eigenvalue weighted by Crippen LogP contribution is 2.29. The van der Waals surface area contributed by atoms with Crippen LogP contribution in [0.25, 0.3) is 22.5 Å². The maximum atomic E-state index is 5.67. The molecule has 2 aromatic carbocycles. The highest BCUT2D eigenvalue weighted by Gasteiger charge is 2.12. The molecule has 0 saturated carbocycles. The number of nitrogens with two attached hydrogens (primary N) is 1. The number of nitrogens with zero attached hydrogens (tertiary/aromatic N) is 6. The maximum Gasteiger partial charge on any atom is 0.205 e. The molecule has 0 unspecified atom stereocenters. The first-order chi connectivity index (χ1) is 15.8. The number of aromatic amines is 1. The van der Waals surface area contributed by atoms with Crippen LogP contribution < -0.4 is 5.73 Å². The van der Waals surface area contributed by atoms with E-state index in [1.807, 2.05) is 18.2 Å². The van der Waals surface area contributed by atoms with Crippen molar-refractivity contribution < 1.29 is 0 Å². The third kappa shape index (κ3) is 5.26. The number of hydrogen-bond donors (Lipinski definition) is 2. The Balaban J connectivity index is 1.54. The van der Waals surface area contributed by atoms with Gasteiger partial charge in [-0.2, -0.15) is 10.3 Å². The fourth-order valence-corrected chi connectivity index (χ4v) is 3.81. The average Bonchev–Trinajstić information content (AvgIpc) is 3.49. The zero-order valence-corrected chi connectivity index (χ0v) is 18.5. The van der Waals surface area contributed by atoms with E-state index in [0.717, 1.165) is 54.0 Å². The van der Waals surface area contributed by atoms with Crippen LogP contribution in [-0.4, -0.2) is 41.9 Å². The Kier molecular flexibility index (Phi) is 7.34. The van der Waals surface area contributed by atoms with Gasteiger partial charge in [-0.3, -0.25) is 0 Å². The van der Waals surface area contributed by atoms with E-state index < -0.39 is 0 Å². The van der Waals surface area contributed by atoms with Gasteiger partial charge in [0.2, 0.25) is 5.82 Å². The van der Waals surface area contributed by atoms with Gasteiger partial charge in [-0.25, -0.2) is 9.67 Å². The minimum Gasteiger partial charge on any atom is -0.330 e. The van der Waals surface area contributed by atoms with Crippen molar-refractivity contribution in [3.8, 4) is 22.5 Å². The van der Waals surface area contributed by atoms with E-state index in [-0.39, 0.29) is 0 Å². The molecule has 0 aliphatic heterocycles. The smallest absolute Gasteiger partial charge is 0.205 e. The number of hydrogen-bond acceptors (Lipinski definition) is 6. The van der Waals surface area contributed by atoms with Crippen molar-refractivity contribution in [2.75, 3.05) is 6.54 Å². The molecule has 4 rings (SSSR count). The zero-order valence-electron chi connectivity index (χ0n) is 18.5. The fourth-order valence-electron chi connectivity index (χ4n) is 3.81. The van der Waals surface area contributed by atoms with Gasteiger partial charge < -0.3 is 5.73 Å². The minimum atomic E-state index is 0.592. The van der Waals surface area contributed by atoms with Gasteiger partial charge >= 0.3 is 0 Å². The summed E-state index contributed by atoms with van der Waals surface area (Å²) >= 11 is 0. The fraction of sp³-hybridized carbons (Fsp3) is 0.375. The largest absolute Gasteiger partial charge is 0.330 e. The van der Waals surface area contributed by atoms with Crippen LogP contribution >= 0.6 is 0 Å². The van der Waals surface area contributed by atoms with Gasteiger partial charge in [0.15, 0.2) is 5.82 Å². The van der Waals surface area contributed by atoms with Crippen LogP contribution in [0.1, 0.15) is 49.8 Å². The van der Waals surface area contributed by atoms with Crippen LogP contribution in [-0.2, 0) is 19.4 Å². The summed E-state index contributed by atoms with van der Waals surface area (Å²) in [6.07, 6.45) is 6.24. The lowest BCUT2D eigenvalue weighted by Gasteiger charge is -2.09. The first-order valence-corrected chi connectivity index (χ1v) is 11.3. The normalized spacial score (nSPS) is 11.2.